The number of rotatable bonds is 8. The van der Waals surface area contributed by atoms with Gasteiger partial charge in [-0.1, -0.05) is 0 Å². The third-order valence-electron chi connectivity index (χ3n) is 2.62. The molecule has 104 valence electrons. The average molecular weight is 261 g/mol. The Bertz CT molecular complexity index is 269. The molecule has 1 fully saturated rings. The highest BCUT2D eigenvalue weighted by Crippen LogP contribution is 2.23. The highest BCUT2D eigenvalue weighted by atomic mass is 16.7. The van der Waals surface area contributed by atoms with Crippen molar-refractivity contribution in [3.8, 4) is 6.07 Å². The van der Waals surface area contributed by atoms with Crippen molar-refractivity contribution in [1.29, 1.82) is 5.26 Å². The molecule has 0 bridgehead atoms. The molecule has 1 heterocycles. The Morgan fingerprint density at radius 1 is 1.33 bits per heavy atom. The number of ether oxygens (including phenoxy) is 4. The fraction of sp³-hybridized carbons (Fsp3) is 0.909. The number of nitriles is 1. The summed E-state index contributed by atoms with van der Waals surface area (Å²) in [6.07, 6.45) is -2.00. The number of hydrogen-bond acceptors (Lipinski definition) is 7. The summed E-state index contributed by atoms with van der Waals surface area (Å²) in [5.41, 5.74) is 0. The average Bonchev–Trinajstić information content (AvgIpc) is 2.64. The SMILES string of the molecule is C[C@@H]1O[C@H](CO)C(O)[C@@H]1OCOCOCCC#N. The summed E-state index contributed by atoms with van der Waals surface area (Å²) in [5, 5.41) is 27.0. The van der Waals surface area contributed by atoms with Gasteiger partial charge in [0, 0.05) is 0 Å². The normalized spacial score (nSPS) is 31.4. The topological polar surface area (TPSA) is 101 Å². The van der Waals surface area contributed by atoms with Crippen molar-refractivity contribution in [2.75, 3.05) is 26.8 Å². The summed E-state index contributed by atoms with van der Waals surface area (Å²) in [6.45, 7) is 1.81. The minimum atomic E-state index is -0.867. The molecule has 0 aliphatic carbocycles. The van der Waals surface area contributed by atoms with Crippen LogP contribution in [-0.2, 0) is 18.9 Å². The zero-order valence-corrected chi connectivity index (χ0v) is 10.3. The summed E-state index contributed by atoms with van der Waals surface area (Å²) in [5.74, 6) is 0. The van der Waals surface area contributed by atoms with Gasteiger partial charge in [0.25, 0.3) is 0 Å². The molecule has 0 amide bonds. The monoisotopic (exact) mass is 261 g/mol. The third-order valence-corrected chi connectivity index (χ3v) is 2.62. The predicted octanol–water partition coefficient (Wildman–Crippen LogP) is -0.626. The van der Waals surface area contributed by atoms with Gasteiger partial charge >= 0.3 is 0 Å². The fourth-order valence-electron chi connectivity index (χ4n) is 1.70. The second-order valence-electron chi connectivity index (χ2n) is 3.94. The van der Waals surface area contributed by atoms with Crippen LogP contribution in [0, 0.1) is 11.3 Å². The van der Waals surface area contributed by atoms with Gasteiger partial charge in [0.05, 0.1) is 31.8 Å². The lowest BCUT2D eigenvalue weighted by atomic mass is 10.1. The van der Waals surface area contributed by atoms with Crippen LogP contribution in [0.2, 0.25) is 0 Å². The first-order valence-electron chi connectivity index (χ1n) is 5.79. The Morgan fingerprint density at radius 2 is 2.11 bits per heavy atom. The highest BCUT2D eigenvalue weighted by Gasteiger charge is 2.41. The summed E-state index contributed by atoms with van der Waals surface area (Å²) in [7, 11) is 0. The van der Waals surface area contributed by atoms with Crippen LogP contribution in [0.25, 0.3) is 0 Å². The fourth-order valence-corrected chi connectivity index (χ4v) is 1.70. The lowest BCUT2D eigenvalue weighted by Gasteiger charge is -2.18. The maximum atomic E-state index is 9.76. The summed E-state index contributed by atoms with van der Waals surface area (Å²) in [6, 6.07) is 1.94. The minimum Gasteiger partial charge on any atom is -0.394 e. The molecule has 4 atom stereocenters. The van der Waals surface area contributed by atoms with Crippen LogP contribution >= 0.6 is 0 Å². The van der Waals surface area contributed by atoms with Crippen LogP contribution in [-0.4, -0.2) is 61.4 Å². The maximum absolute atomic E-state index is 9.76. The largest absolute Gasteiger partial charge is 0.394 e. The molecule has 1 unspecified atom stereocenters. The van der Waals surface area contributed by atoms with Crippen LogP contribution < -0.4 is 0 Å². The Balaban J connectivity index is 2.10. The minimum absolute atomic E-state index is 0.0309. The second kappa shape index (κ2) is 8.37. The first-order chi connectivity index (χ1) is 8.70. The molecule has 2 N–H and O–H groups in total. The van der Waals surface area contributed by atoms with Crippen molar-refractivity contribution in [2.24, 2.45) is 0 Å². The maximum Gasteiger partial charge on any atom is 0.150 e. The quantitative estimate of drug-likeness (QED) is 0.443. The Hall–Kier alpha value is -0.750. The smallest absolute Gasteiger partial charge is 0.150 e. The summed E-state index contributed by atoms with van der Waals surface area (Å²) < 4.78 is 20.6. The van der Waals surface area contributed by atoms with Gasteiger partial charge < -0.3 is 29.2 Å². The molecule has 0 aromatic rings. The Morgan fingerprint density at radius 3 is 2.72 bits per heavy atom. The Labute approximate surface area is 106 Å². The van der Waals surface area contributed by atoms with Crippen molar-refractivity contribution in [3.05, 3.63) is 0 Å². The molecule has 0 saturated carbocycles. The van der Waals surface area contributed by atoms with Gasteiger partial charge in [-0.05, 0) is 6.92 Å². The van der Waals surface area contributed by atoms with E-state index in [9.17, 15) is 5.11 Å². The lowest BCUT2D eigenvalue weighted by molar-refractivity contribution is -0.166. The zero-order valence-electron chi connectivity index (χ0n) is 10.3. The van der Waals surface area contributed by atoms with E-state index in [2.05, 4.69) is 0 Å². The molecular weight excluding hydrogens is 242 g/mol. The number of aliphatic hydroxyl groups is 2. The van der Waals surface area contributed by atoms with Gasteiger partial charge in [-0.25, -0.2) is 0 Å². The van der Waals surface area contributed by atoms with Gasteiger partial charge in [-0.15, -0.1) is 0 Å². The van der Waals surface area contributed by atoms with Crippen LogP contribution in [0.5, 0.6) is 0 Å². The van der Waals surface area contributed by atoms with E-state index in [0.717, 1.165) is 0 Å². The molecule has 1 aliphatic rings. The van der Waals surface area contributed by atoms with E-state index in [4.69, 9.17) is 29.3 Å². The molecule has 1 aliphatic heterocycles. The van der Waals surface area contributed by atoms with E-state index in [-0.39, 0.29) is 26.3 Å². The van der Waals surface area contributed by atoms with Crippen LogP contribution in [0.1, 0.15) is 13.3 Å². The van der Waals surface area contributed by atoms with Crippen molar-refractivity contribution < 1.29 is 29.2 Å². The van der Waals surface area contributed by atoms with E-state index in [1.165, 1.54) is 0 Å². The van der Waals surface area contributed by atoms with E-state index in [1.807, 2.05) is 6.07 Å². The molecule has 7 nitrogen and oxygen atoms in total. The molecule has 1 saturated heterocycles. The van der Waals surface area contributed by atoms with Crippen molar-refractivity contribution >= 4 is 0 Å². The van der Waals surface area contributed by atoms with Gasteiger partial charge in [0.15, 0.2) is 0 Å². The molecule has 1 rings (SSSR count). The standard InChI is InChI=1S/C11H19NO6/c1-8-11(10(14)9(5-13)18-8)17-7-16-6-15-4-2-3-12/h8-11,13-14H,2,4-7H2,1H3/t8-,9+,10?,11+/m0/s1. The van der Waals surface area contributed by atoms with Gasteiger partial charge in [-0.2, -0.15) is 5.26 Å². The molecule has 0 aromatic heterocycles. The van der Waals surface area contributed by atoms with Gasteiger partial charge in [0.1, 0.15) is 31.9 Å². The van der Waals surface area contributed by atoms with E-state index in [1.54, 1.807) is 6.92 Å². The molecule has 0 spiro atoms. The molecule has 0 radical (unpaired) electrons. The number of hydrogen-bond donors (Lipinski definition) is 2. The van der Waals surface area contributed by atoms with E-state index < -0.39 is 18.3 Å². The predicted molar refractivity (Wildman–Crippen MR) is 59.3 cm³/mol. The lowest BCUT2D eigenvalue weighted by Crippen LogP contribution is -2.36. The third kappa shape index (κ3) is 4.49. The molecule has 0 aromatic carbocycles. The van der Waals surface area contributed by atoms with Crippen LogP contribution in [0.15, 0.2) is 0 Å². The molecule has 7 heteroatoms. The summed E-state index contributed by atoms with van der Waals surface area (Å²) in [4.78, 5) is 0. The van der Waals surface area contributed by atoms with Crippen molar-refractivity contribution in [2.45, 2.75) is 37.8 Å². The highest BCUT2D eigenvalue weighted by molar-refractivity contribution is 4.89. The van der Waals surface area contributed by atoms with E-state index >= 15 is 0 Å². The first-order valence-corrected chi connectivity index (χ1v) is 5.79. The van der Waals surface area contributed by atoms with Gasteiger partial charge in [-0.3, -0.25) is 0 Å². The van der Waals surface area contributed by atoms with Crippen LogP contribution in [0.3, 0.4) is 0 Å². The number of aliphatic hydroxyl groups excluding tert-OH is 2. The second-order valence-corrected chi connectivity index (χ2v) is 3.94. The number of nitrogens with zero attached hydrogens (tertiary/aromatic N) is 1. The zero-order chi connectivity index (χ0) is 13.4. The van der Waals surface area contributed by atoms with Crippen LogP contribution in [0.4, 0.5) is 0 Å². The van der Waals surface area contributed by atoms with Gasteiger partial charge in [0.2, 0.25) is 0 Å². The van der Waals surface area contributed by atoms with E-state index in [0.29, 0.717) is 13.0 Å². The molecular formula is C11H19NO6. The van der Waals surface area contributed by atoms with Crippen molar-refractivity contribution in [1.82, 2.24) is 0 Å². The summed E-state index contributed by atoms with van der Waals surface area (Å²) >= 11 is 0. The first kappa shape index (κ1) is 15.3. The Kier molecular flexibility index (Phi) is 7.12. The molecule has 18 heavy (non-hydrogen) atoms. The van der Waals surface area contributed by atoms with Crippen molar-refractivity contribution in [3.63, 3.8) is 0 Å².